The highest BCUT2D eigenvalue weighted by Gasteiger charge is 2.13. The number of nitrogens with one attached hydrogen (secondary N) is 2. The SMILES string of the molecule is O=C(CNC(=O)c1cc2ccccn2n1)NCC(O)c1ccccc1. The van der Waals surface area contributed by atoms with E-state index in [9.17, 15) is 14.7 Å². The van der Waals surface area contributed by atoms with Crippen LogP contribution in [0.5, 0.6) is 0 Å². The van der Waals surface area contributed by atoms with E-state index in [-0.39, 0.29) is 24.7 Å². The first-order valence-corrected chi connectivity index (χ1v) is 7.86. The molecule has 0 aliphatic rings. The van der Waals surface area contributed by atoms with Crippen LogP contribution in [0.3, 0.4) is 0 Å². The van der Waals surface area contributed by atoms with Crippen molar-refractivity contribution >= 4 is 17.3 Å². The Balaban J connectivity index is 1.47. The highest BCUT2D eigenvalue weighted by atomic mass is 16.3. The standard InChI is InChI=1S/C18H18N4O3/c23-16(13-6-2-1-3-7-13)11-19-17(24)12-20-18(25)15-10-14-8-4-5-9-22(14)21-15/h1-10,16,23H,11-12H2,(H,19,24)(H,20,25). The van der Waals surface area contributed by atoms with Crippen molar-refractivity contribution in [3.8, 4) is 0 Å². The van der Waals surface area contributed by atoms with Gasteiger partial charge in [0, 0.05) is 12.7 Å². The minimum Gasteiger partial charge on any atom is -0.387 e. The summed E-state index contributed by atoms with van der Waals surface area (Å²) in [7, 11) is 0. The van der Waals surface area contributed by atoms with E-state index in [0.29, 0.717) is 0 Å². The van der Waals surface area contributed by atoms with Gasteiger partial charge in [0.15, 0.2) is 5.69 Å². The van der Waals surface area contributed by atoms with Crippen molar-refractivity contribution in [3.63, 3.8) is 0 Å². The first-order valence-electron chi connectivity index (χ1n) is 7.86. The molecule has 2 aromatic heterocycles. The number of amides is 2. The molecule has 0 saturated carbocycles. The first kappa shape index (κ1) is 16.7. The molecular formula is C18H18N4O3. The molecule has 0 bridgehead atoms. The number of nitrogens with zero attached hydrogens (tertiary/aromatic N) is 2. The normalized spacial score (nSPS) is 11.9. The molecule has 0 radical (unpaired) electrons. The average Bonchev–Trinajstić information content (AvgIpc) is 3.09. The van der Waals surface area contributed by atoms with Gasteiger partial charge in [-0.3, -0.25) is 9.59 Å². The van der Waals surface area contributed by atoms with Crippen LogP contribution in [0.25, 0.3) is 5.52 Å². The van der Waals surface area contributed by atoms with Gasteiger partial charge in [-0.15, -0.1) is 0 Å². The van der Waals surface area contributed by atoms with E-state index < -0.39 is 12.0 Å². The third kappa shape index (κ3) is 4.21. The Morgan fingerprint density at radius 1 is 1.08 bits per heavy atom. The van der Waals surface area contributed by atoms with Crippen LogP contribution in [0.1, 0.15) is 22.2 Å². The van der Waals surface area contributed by atoms with Gasteiger partial charge in [-0.2, -0.15) is 5.10 Å². The lowest BCUT2D eigenvalue weighted by Crippen LogP contribution is -2.38. The summed E-state index contributed by atoms with van der Waals surface area (Å²) in [6, 6.07) is 16.2. The number of carbonyl (C=O) groups is 2. The molecule has 0 aliphatic heterocycles. The minimum absolute atomic E-state index is 0.0765. The molecule has 1 atom stereocenters. The highest BCUT2D eigenvalue weighted by Crippen LogP contribution is 2.10. The Morgan fingerprint density at radius 2 is 1.84 bits per heavy atom. The average molecular weight is 338 g/mol. The molecule has 7 nitrogen and oxygen atoms in total. The van der Waals surface area contributed by atoms with E-state index in [2.05, 4.69) is 15.7 Å². The number of pyridine rings is 1. The van der Waals surface area contributed by atoms with E-state index in [1.165, 1.54) is 0 Å². The van der Waals surface area contributed by atoms with Crippen molar-refractivity contribution in [3.05, 3.63) is 72.1 Å². The van der Waals surface area contributed by atoms with Crippen LogP contribution in [0.4, 0.5) is 0 Å². The Morgan fingerprint density at radius 3 is 2.60 bits per heavy atom. The fourth-order valence-electron chi connectivity index (χ4n) is 2.37. The monoisotopic (exact) mass is 338 g/mol. The van der Waals surface area contributed by atoms with Crippen molar-refractivity contribution in [1.82, 2.24) is 20.2 Å². The molecule has 0 saturated heterocycles. The van der Waals surface area contributed by atoms with Crippen molar-refractivity contribution in [1.29, 1.82) is 0 Å². The Hall–Kier alpha value is -3.19. The summed E-state index contributed by atoms with van der Waals surface area (Å²) in [5, 5.41) is 19.2. The van der Waals surface area contributed by atoms with Gasteiger partial charge < -0.3 is 15.7 Å². The summed E-state index contributed by atoms with van der Waals surface area (Å²) < 4.78 is 1.59. The van der Waals surface area contributed by atoms with E-state index in [1.807, 2.05) is 36.4 Å². The van der Waals surface area contributed by atoms with Crippen LogP contribution in [-0.4, -0.2) is 39.6 Å². The third-order valence-electron chi connectivity index (χ3n) is 3.69. The van der Waals surface area contributed by atoms with E-state index in [4.69, 9.17) is 0 Å². The number of carbonyl (C=O) groups excluding carboxylic acids is 2. The zero-order chi connectivity index (χ0) is 17.6. The summed E-state index contributed by atoms with van der Waals surface area (Å²) in [6.45, 7) is -0.110. The second kappa shape index (κ2) is 7.59. The number of hydrogen-bond acceptors (Lipinski definition) is 4. The predicted octanol–water partition coefficient (Wildman–Crippen LogP) is 0.914. The zero-order valence-corrected chi connectivity index (χ0v) is 13.4. The van der Waals surface area contributed by atoms with Crippen LogP contribution in [0, 0.1) is 0 Å². The maximum absolute atomic E-state index is 12.1. The summed E-state index contributed by atoms with van der Waals surface area (Å²) in [6.07, 6.45) is 0.948. The molecule has 128 valence electrons. The fourth-order valence-corrected chi connectivity index (χ4v) is 2.37. The smallest absolute Gasteiger partial charge is 0.272 e. The van der Waals surface area contributed by atoms with E-state index >= 15 is 0 Å². The highest BCUT2D eigenvalue weighted by molar-refractivity contribution is 5.95. The Labute approximate surface area is 144 Å². The fraction of sp³-hybridized carbons (Fsp3) is 0.167. The maximum atomic E-state index is 12.1. The lowest BCUT2D eigenvalue weighted by molar-refractivity contribution is -0.120. The second-order valence-electron chi connectivity index (χ2n) is 5.51. The molecule has 2 amide bonds. The van der Waals surface area contributed by atoms with Gasteiger partial charge >= 0.3 is 0 Å². The topological polar surface area (TPSA) is 95.7 Å². The summed E-state index contributed by atoms with van der Waals surface area (Å²) in [5.74, 6) is -0.811. The number of aliphatic hydroxyl groups is 1. The molecule has 2 heterocycles. The predicted molar refractivity (Wildman–Crippen MR) is 91.9 cm³/mol. The van der Waals surface area contributed by atoms with Gasteiger partial charge in [-0.1, -0.05) is 36.4 Å². The van der Waals surface area contributed by atoms with Crippen LogP contribution >= 0.6 is 0 Å². The minimum atomic E-state index is -0.792. The zero-order valence-electron chi connectivity index (χ0n) is 13.4. The second-order valence-corrected chi connectivity index (χ2v) is 5.51. The van der Waals surface area contributed by atoms with Gasteiger partial charge in [0.1, 0.15) is 0 Å². The van der Waals surface area contributed by atoms with Gasteiger partial charge in [0.05, 0.1) is 18.2 Å². The molecule has 3 aromatic rings. The third-order valence-corrected chi connectivity index (χ3v) is 3.69. The number of fused-ring (bicyclic) bond motifs is 1. The summed E-state index contributed by atoms with van der Waals surface area (Å²) in [5.41, 5.74) is 1.75. The van der Waals surface area contributed by atoms with Crippen molar-refractivity contribution in [2.24, 2.45) is 0 Å². The van der Waals surface area contributed by atoms with E-state index in [0.717, 1.165) is 11.1 Å². The molecule has 1 aromatic carbocycles. The van der Waals surface area contributed by atoms with E-state index in [1.54, 1.807) is 28.9 Å². The quantitative estimate of drug-likeness (QED) is 0.623. The van der Waals surface area contributed by atoms with Crippen molar-refractivity contribution < 1.29 is 14.7 Å². The molecular weight excluding hydrogens is 320 g/mol. The van der Waals surface area contributed by atoms with Gasteiger partial charge in [-0.25, -0.2) is 4.52 Å². The number of aliphatic hydroxyl groups excluding tert-OH is 1. The molecule has 3 N–H and O–H groups in total. The first-order chi connectivity index (χ1) is 12.1. The van der Waals surface area contributed by atoms with Crippen LogP contribution < -0.4 is 10.6 Å². The molecule has 1 unspecified atom stereocenters. The molecule has 0 spiro atoms. The summed E-state index contributed by atoms with van der Waals surface area (Å²) in [4.78, 5) is 23.9. The lowest BCUT2D eigenvalue weighted by Gasteiger charge is -2.12. The number of benzene rings is 1. The largest absolute Gasteiger partial charge is 0.387 e. The number of aromatic nitrogens is 2. The lowest BCUT2D eigenvalue weighted by atomic mass is 10.1. The van der Waals surface area contributed by atoms with Gasteiger partial charge in [-0.05, 0) is 23.8 Å². The molecule has 7 heteroatoms. The number of hydrogen-bond donors (Lipinski definition) is 3. The maximum Gasteiger partial charge on any atom is 0.272 e. The van der Waals surface area contributed by atoms with Crippen molar-refractivity contribution in [2.45, 2.75) is 6.10 Å². The van der Waals surface area contributed by atoms with Crippen molar-refractivity contribution in [2.75, 3.05) is 13.1 Å². The van der Waals surface area contributed by atoms with Crippen LogP contribution in [0.15, 0.2) is 60.8 Å². The molecule has 0 aliphatic carbocycles. The Kier molecular flexibility index (Phi) is 5.06. The van der Waals surface area contributed by atoms with Crippen LogP contribution in [-0.2, 0) is 4.79 Å². The molecule has 3 rings (SSSR count). The molecule has 0 fully saturated rings. The summed E-state index contributed by atoms with van der Waals surface area (Å²) >= 11 is 0. The Bertz CT molecular complexity index is 843. The van der Waals surface area contributed by atoms with Crippen LogP contribution in [0.2, 0.25) is 0 Å². The van der Waals surface area contributed by atoms with Gasteiger partial charge in [0.2, 0.25) is 5.91 Å². The van der Waals surface area contributed by atoms with Gasteiger partial charge in [0.25, 0.3) is 5.91 Å². The molecule has 25 heavy (non-hydrogen) atoms. The number of rotatable bonds is 6.